The maximum Gasteiger partial charge on any atom is 0.319 e. The monoisotopic (exact) mass is 398 g/mol. The van der Waals surface area contributed by atoms with E-state index in [4.69, 9.17) is 9.26 Å². The fraction of sp³-hybridized carbons (Fsp3) is 0.545. The molecule has 2 N–H and O–H groups in total. The SMILES string of the molecule is CC1(C)C(Cc2cc(CN3CCOCC3)on2)CC1NC(=O)Nc1ccccc1. The first-order valence-electron chi connectivity index (χ1n) is 10.4. The molecule has 0 radical (unpaired) electrons. The highest BCUT2D eigenvalue weighted by atomic mass is 16.5. The van der Waals surface area contributed by atoms with Gasteiger partial charge < -0.3 is 19.9 Å². The number of aromatic nitrogens is 1. The first-order chi connectivity index (χ1) is 14.0. The zero-order valence-electron chi connectivity index (χ0n) is 17.2. The van der Waals surface area contributed by atoms with Gasteiger partial charge in [0.05, 0.1) is 25.5 Å². The number of amides is 2. The van der Waals surface area contributed by atoms with Gasteiger partial charge in [0, 0.05) is 30.9 Å². The lowest BCUT2D eigenvalue weighted by atomic mass is 9.57. The predicted molar refractivity (Wildman–Crippen MR) is 111 cm³/mol. The van der Waals surface area contributed by atoms with Crippen LogP contribution in [-0.4, -0.2) is 48.4 Å². The number of hydrogen-bond donors (Lipinski definition) is 2. The Bertz CT molecular complexity index is 814. The molecule has 0 spiro atoms. The topological polar surface area (TPSA) is 79.6 Å². The molecule has 4 rings (SSSR count). The quantitative estimate of drug-likeness (QED) is 0.781. The molecule has 1 saturated heterocycles. The van der Waals surface area contributed by atoms with E-state index in [1.807, 2.05) is 30.3 Å². The number of rotatable bonds is 6. The highest BCUT2D eigenvalue weighted by Gasteiger charge is 2.48. The number of morpholine rings is 1. The van der Waals surface area contributed by atoms with Crippen LogP contribution < -0.4 is 10.6 Å². The Hall–Kier alpha value is -2.38. The van der Waals surface area contributed by atoms with Crippen LogP contribution in [0.2, 0.25) is 0 Å². The third-order valence-corrected chi connectivity index (χ3v) is 6.35. The number of benzene rings is 1. The summed E-state index contributed by atoms with van der Waals surface area (Å²) < 4.78 is 10.9. The van der Waals surface area contributed by atoms with E-state index < -0.39 is 0 Å². The standard InChI is InChI=1S/C22H30N4O3/c1-22(2)16(13-20(22)24-21(27)23-17-6-4-3-5-7-17)12-18-14-19(29-25-18)15-26-8-10-28-11-9-26/h3-7,14,16,20H,8-13,15H2,1-2H3,(H2,23,24,27). The van der Waals surface area contributed by atoms with E-state index in [0.717, 1.165) is 62.8 Å². The van der Waals surface area contributed by atoms with Crippen molar-refractivity contribution in [2.24, 2.45) is 11.3 Å². The summed E-state index contributed by atoms with van der Waals surface area (Å²) in [5, 5.41) is 10.3. The molecular weight excluding hydrogens is 368 g/mol. The van der Waals surface area contributed by atoms with Crippen LogP contribution in [0, 0.1) is 11.3 Å². The number of urea groups is 1. The van der Waals surface area contributed by atoms with Crippen LogP contribution in [0.5, 0.6) is 0 Å². The molecule has 0 bridgehead atoms. The molecule has 2 atom stereocenters. The molecule has 7 heteroatoms. The maximum atomic E-state index is 12.3. The van der Waals surface area contributed by atoms with Gasteiger partial charge in [0.15, 0.2) is 5.76 Å². The molecule has 7 nitrogen and oxygen atoms in total. The lowest BCUT2D eigenvalue weighted by Gasteiger charge is -2.52. The lowest BCUT2D eigenvalue weighted by molar-refractivity contribution is 0.0210. The molecule has 2 aliphatic rings. The number of para-hydroxylation sites is 1. The summed E-state index contributed by atoms with van der Waals surface area (Å²) in [6.07, 6.45) is 1.82. The second kappa shape index (κ2) is 8.55. The Morgan fingerprint density at radius 2 is 2.00 bits per heavy atom. The van der Waals surface area contributed by atoms with Crippen molar-refractivity contribution >= 4 is 11.7 Å². The van der Waals surface area contributed by atoms with Gasteiger partial charge in [-0.25, -0.2) is 4.79 Å². The van der Waals surface area contributed by atoms with Crippen LogP contribution in [0.25, 0.3) is 0 Å². The molecule has 156 valence electrons. The van der Waals surface area contributed by atoms with E-state index in [0.29, 0.717) is 5.92 Å². The molecule has 1 aromatic carbocycles. The normalized spacial score (nSPS) is 23.9. The summed E-state index contributed by atoms with van der Waals surface area (Å²) >= 11 is 0. The third-order valence-electron chi connectivity index (χ3n) is 6.35. The molecule has 2 heterocycles. The molecule has 2 amide bonds. The number of nitrogens with zero attached hydrogens (tertiary/aromatic N) is 2. The fourth-order valence-electron chi connectivity index (χ4n) is 4.21. The van der Waals surface area contributed by atoms with Gasteiger partial charge in [0.1, 0.15) is 0 Å². The van der Waals surface area contributed by atoms with Crippen LogP contribution in [0.15, 0.2) is 40.9 Å². The first-order valence-corrected chi connectivity index (χ1v) is 10.4. The summed E-state index contributed by atoms with van der Waals surface area (Å²) in [6.45, 7) is 8.64. The van der Waals surface area contributed by atoms with Crippen LogP contribution in [0.1, 0.15) is 31.7 Å². The van der Waals surface area contributed by atoms with Crippen molar-refractivity contribution < 1.29 is 14.1 Å². The van der Waals surface area contributed by atoms with E-state index in [1.165, 1.54) is 0 Å². The highest BCUT2D eigenvalue weighted by Crippen LogP contribution is 2.47. The zero-order valence-corrected chi connectivity index (χ0v) is 17.2. The van der Waals surface area contributed by atoms with Crippen molar-refractivity contribution in [3.8, 4) is 0 Å². The summed E-state index contributed by atoms with van der Waals surface area (Å²) in [5.41, 5.74) is 1.81. The second-order valence-electron chi connectivity index (χ2n) is 8.65. The Labute approximate surface area is 171 Å². The van der Waals surface area contributed by atoms with E-state index in [2.05, 4.69) is 40.6 Å². The molecule has 2 unspecified atom stereocenters. The van der Waals surface area contributed by atoms with Gasteiger partial charge in [0.2, 0.25) is 0 Å². The Morgan fingerprint density at radius 3 is 2.72 bits per heavy atom. The van der Waals surface area contributed by atoms with Crippen molar-refractivity contribution in [2.45, 2.75) is 39.3 Å². The smallest absolute Gasteiger partial charge is 0.319 e. The van der Waals surface area contributed by atoms with Gasteiger partial charge in [-0.15, -0.1) is 0 Å². The molecule has 2 aromatic rings. The number of ether oxygens (including phenoxy) is 1. The largest absolute Gasteiger partial charge is 0.379 e. The second-order valence-corrected chi connectivity index (χ2v) is 8.65. The molecule has 1 aromatic heterocycles. The lowest BCUT2D eigenvalue weighted by Crippen LogP contribution is -2.59. The summed E-state index contributed by atoms with van der Waals surface area (Å²) in [7, 11) is 0. The molecule has 1 saturated carbocycles. The first kappa shape index (κ1) is 19.9. The summed E-state index contributed by atoms with van der Waals surface area (Å²) in [5.74, 6) is 1.38. The van der Waals surface area contributed by atoms with Crippen molar-refractivity contribution in [2.75, 3.05) is 31.6 Å². The molecule has 1 aliphatic heterocycles. The zero-order chi connectivity index (χ0) is 20.3. The average molecular weight is 399 g/mol. The van der Waals surface area contributed by atoms with Crippen LogP contribution in [0.3, 0.4) is 0 Å². The van der Waals surface area contributed by atoms with Crippen molar-refractivity contribution in [3.63, 3.8) is 0 Å². The van der Waals surface area contributed by atoms with Crippen LogP contribution in [0.4, 0.5) is 10.5 Å². The van der Waals surface area contributed by atoms with Gasteiger partial charge in [-0.2, -0.15) is 0 Å². The number of anilines is 1. The number of carbonyl (C=O) groups is 1. The van der Waals surface area contributed by atoms with Crippen LogP contribution >= 0.6 is 0 Å². The van der Waals surface area contributed by atoms with E-state index >= 15 is 0 Å². The molecule has 29 heavy (non-hydrogen) atoms. The Kier molecular flexibility index (Phi) is 5.87. The fourth-order valence-corrected chi connectivity index (χ4v) is 4.21. The predicted octanol–water partition coefficient (Wildman–Crippen LogP) is 3.29. The third kappa shape index (κ3) is 4.79. The van der Waals surface area contributed by atoms with E-state index in [1.54, 1.807) is 0 Å². The van der Waals surface area contributed by atoms with E-state index in [9.17, 15) is 4.79 Å². The van der Waals surface area contributed by atoms with Crippen molar-refractivity contribution in [1.82, 2.24) is 15.4 Å². The number of hydrogen-bond acceptors (Lipinski definition) is 5. The minimum Gasteiger partial charge on any atom is -0.379 e. The van der Waals surface area contributed by atoms with E-state index in [-0.39, 0.29) is 17.5 Å². The Morgan fingerprint density at radius 1 is 1.24 bits per heavy atom. The summed E-state index contributed by atoms with van der Waals surface area (Å²) in [6, 6.07) is 11.6. The molecule has 1 aliphatic carbocycles. The van der Waals surface area contributed by atoms with Gasteiger partial charge >= 0.3 is 6.03 Å². The molecular formula is C22H30N4O3. The number of carbonyl (C=O) groups excluding carboxylic acids is 1. The van der Waals surface area contributed by atoms with Gasteiger partial charge in [-0.05, 0) is 36.3 Å². The van der Waals surface area contributed by atoms with Crippen molar-refractivity contribution in [1.29, 1.82) is 0 Å². The molecule has 2 fully saturated rings. The van der Waals surface area contributed by atoms with Gasteiger partial charge in [-0.1, -0.05) is 37.2 Å². The van der Waals surface area contributed by atoms with Crippen molar-refractivity contribution in [3.05, 3.63) is 47.9 Å². The minimum atomic E-state index is -0.151. The number of nitrogens with one attached hydrogen (secondary N) is 2. The minimum absolute atomic E-state index is 0.0113. The van der Waals surface area contributed by atoms with Gasteiger partial charge in [0.25, 0.3) is 0 Å². The highest BCUT2D eigenvalue weighted by molar-refractivity contribution is 5.89. The average Bonchev–Trinajstić information content (AvgIpc) is 3.16. The Balaban J connectivity index is 1.26. The van der Waals surface area contributed by atoms with Gasteiger partial charge in [-0.3, -0.25) is 4.90 Å². The maximum absolute atomic E-state index is 12.3. The van der Waals surface area contributed by atoms with Crippen LogP contribution in [-0.2, 0) is 17.7 Å². The summed E-state index contributed by atoms with van der Waals surface area (Å²) in [4.78, 5) is 14.6.